The van der Waals surface area contributed by atoms with Crippen LogP contribution in [0.1, 0.15) is 106 Å². The van der Waals surface area contributed by atoms with Crippen LogP contribution in [-0.4, -0.2) is 119 Å². The number of hydrogen-bond acceptors (Lipinski definition) is 12. The number of benzene rings is 1. The molecular formula is C41H60N4O11. The summed E-state index contributed by atoms with van der Waals surface area (Å²) in [5, 5.41) is 2.80. The number of piperidine rings is 1. The molecule has 2 heterocycles. The van der Waals surface area contributed by atoms with Crippen LogP contribution in [0.4, 0.5) is 10.5 Å². The predicted molar refractivity (Wildman–Crippen MR) is 207 cm³/mol. The zero-order valence-corrected chi connectivity index (χ0v) is 34.3. The molecule has 3 rings (SSSR count). The van der Waals surface area contributed by atoms with Crippen LogP contribution in [-0.2, 0) is 47.7 Å². The normalized spacial score (nSPS) is 17.2. The second-order valence-electron chi connectivity index (χ2n) is 16.8. The summed E-state index contributed by atoms with van der Waals surface area (Å²) in [6, 6.07) is 5.85. The largest absolute Gasteiger partial charge is 0.461 e. The fourth-order valence-corrected chi connectivity index (χ4v) is 6.16. The molecule has 2 fully saturated rings. The van der Waals surface area contributed by atoms with Crippen LogP contribution in [0.3, 0.4) is 0 Å². The number of Topliss-reactive ketones (excluding diaryl/α,β-unsaturated/α-hetero) is 1. The third-order valence-electron chi connectivity index (χ3n) is 9.09. The summed E-state index contributed by atoms with van der Waals surface area (Å²) in [6.07, 6.45) is 1.45. The van der Waals surface area contributed by atoms with E-state index in [4.69, 9.17) is 18.9 Å². The molecule has 15 heteroatoms. The lowest BCUT2D eigenvalue weighted by atomic mass is 9.87. The molecule has 310 valence electrons. The van der Waals surface area contributed by atoms with Crippen molar-refractivity contribution in [2.75, 3.05) is 51.2 Å². The third kappa shape index (κ3) is 14.7. The number of rotatable bonds is 15. The molecular weight excluding hydrogens is 724 g/mol. The van der Waals surface area contributed by atoms with Crippen LogP contribution < -0.4 is 5.32 Å². The van der Waals surface area contributed by atoms with Gasteiger partial charge in [-0.2, -0.15) is 0 Å². The molecule has 15 nitrogen and oxygen atoms in total. The van der Waals surface area contributed by atoms with Crippen molar-refractivity contribution in [1.29, 1.82) is 0 Å². The van der Waals surface area contributed by atoms with Crippen molar-refractivity contribution in [3.05, 3.63) is 42.5 Å². The van der Waals surface area contributed by atoms with E-state index < -0.39 is 64.3 Å². The number of amides is 3. The molecule has 56 heavy (non-hydrogen) atoms. The minimum Gasteiger partial charge on any atom is -0.461 e. The van der Waals surface area contributed by atoms with E-state index >= 15 is 0 Å². The van der Waals surface area contributed by atoms with E-state index in [1.54, 1.807) is 49.9 Å². The number of nitrogens with one attached hydrogen (secondary N) is 1. The van der Waals surface area contributed by atoms with E-state index in [1.807, 2.05) is 20.8 Å². The molecule has 0 saturated carbocycles. The highest BCUT2D eigenvalue weighted by Gasteiger charge is 2.42. The topological polar surface area (TPSA) is 178 Å². The number of piperazine rings is 1. The summed E-state index contributed by atoms with van der Waals surface area (Å²) in [6.45, 7) is 19.4. The Balaban J connectivity index is 1.78. The van der Waals surface area contributed by atoms with Gasteiger partial charge in [0.1, 0.15) is 30.0 Å². The number of carbonyl (C=O) groups excluding carboxylic acids is 7. The van der Waals surface area contributed by atoms with Gasteiger partial charge in [-0.1, -0.05) is 18.7 Å². The summed E-state index contributed by atoms with van der Waals surface area (Å²) < 4.78 is 22.1. The van der Waals surface area contributed by atoms with Gasteiger partial charge in [-0.15, -0.1) is 0 Å². The van der Waals surface area contributed by atoms with E-state index in [0.29, 0.717) is 63.2 Å². The van der Waals surface area contributed by atoms with Gasteiger partial charge in [-0.3, -0.25) is 24.1 Å². The lowest BCUT2D eigenvalue weighted by Crippen LogP contribution is -2.54. The lowest BCUT2D eigenvalue weighted by Gasteiger charge is -2.37. The lowest BCUT2D eigenvalue weighted by molar-refractivity contribution is -0.165. The number of likely N-dealkylation sites (tertiary alicyclic amines) is 1. The van der Waals surface area contributed by atoms with Crippen LogP contribution in [0, 0.1) is 5.41 Å². The number of nitrogens with zero attached hydrogens (tertiary/aromatic N) is 3. The highest BCUT2D eigenvalue weighted by molar-refractivity contribution is 6.38. The van der Waals surface area contributed by atoms with Gasteiger partial charge in [-0.25, -0.2) is 14.4 Å². The first-order valence-electron chi connectivity index (χ1n) is 19.3. The molecule has 2 aliphatic heterocycles. The fourth-order valence-electron chi connectivity index (χ4n) is 6.16. The van der Waals surface area contributed by atoms with E-state index in [0.717, 1.165) is 6.08 Å². The highest BCUT2D eigenvalue weighted by Crippen LogP contribution is 2.29. The van der Waals surface area contributed by atoms with Crippen LogP contribution in [0.15, 0.2) is 36.9 Å². The van der Waals surface area contributed by atoms with Gasteiger partial charge in [0.25, 0.3) is 5.91 Å². The minimum absolute atomic E-state index is 0.0927. The first kappa shape index (κ1) is 45.6. The van der Waals surface area contributed by atoms with Gasteiger partial charge >= 0.3 is 24.0 Å². The molecule has 0 aromatic heterocycles. The molecule has 1 aromatic carbocycles. The molecule has 1 aromatic rings. The van der Waals surface area contributed by atoms with Crippen LogP contribution in [0.25, 0.3) is 0 Å². The Hall–Kier alpha value is -4.79. The zero-order valence-electron chi connectivity index (χ0n) is 34.3. The molecule has 3 amide bonds. The second-order valence-corrected chi connectivity index (χ2v) is 16.8. The average molecular weight is 785 g/mol. The second kappa shape index (κ2) is 19.9. The van der Waals surface area contributed by atoms with Crippen molar-refractivity contribution in [3.63, 3.8) is 0 Å². The maximum absolute atomic E-state index is 14.0. The SMILES string of the molecule is C=CC(=O)OCC(C)(C)C(=O)C(=O)N1CCCC[C@H]1C(=O)OC(CCN1CCN(C(=O)OC(C)(C)C)CC1)c1cccc(NC(=O)CCC(=O)OC(C)(C)C)c1. The molecule has 2 saturated heterocycles. The predicted octanol–water partition coefficient (Wildman–Crippen LogP) is 4.98. The van der Waals surface area contributed by atoms with E-state index in [1.165, 1.54) is 18.7 Å². The standard InChI is InChI=1S/C41H60N4O11/c1-10-33(47)53-27-41(8,9)35(49)36(50)45-20-12-11-16-30(45)37(51)54-31(19-21-43-22-24-44(25-23-43)38(52)56-40(5,6)7)28-14-13-15-29(26-28)42-32(46)17-18-34(48)55-39(2,3)4/h10,13-15,26,30-31H,1,11-12,16-25,27H2,2-9H3,(H,42,46)/t30-,31?/m0/s1. The van der Waals surface area contributed by atoms with Gasteiger partial charge in [0.05, 0.1) is 11.8 Å². The Morgan fingerprint density at radius 2 is 1.54 bits per heavy atom. The Bertz CT molecular complexity index is 1600. The number of hydrogen-bond donors (Lipinski definition) is 1. The minimum atomic E-state index is -1.35. The molecule has 0 spiro atoms. The van der Waals surface area contributed by atoms with Crippen molar-refractivity contribution in [2.45, 2.75) is 117 Å². The van der Waals surface area contributed by atoms with Crippen molar-refractivity contribution in [1.82, 2.24) is 14.7 Å². The third-order valence-corrected chi connectivity index (χ3v) is 9.09. The molecule has 0 aliphatic carbocycles. The Morgan fingerprint density at radius 1 is 0.875 bits per heavy atom. The summed E-state index contributed by atoms with van der Waals surface area (Å²) in [5.74, 6) is -3.94. The van der Waals surface area contributed by atoms with E-state index in [2.05, 4.69) is 16.8 Å². The molecule has 2 aliphatic rings. The van der Waals surface area contributed by atoms with E-state index in [9.17, 15) is 33.6 Å². The summed E-state index contributed by atoms with van der Waals surface area (Å²) in [4.78, 5) is 95.4. The maximum Gasteiger partial charge on any atom is 0.410 e. The fraction of sp³-hybridized carbons (Fsp3) is 0.634. The number of carbonyl (C=O) groups is 7. The van der Waals surface area contributed by atoms with Gasteiger partial charge in [-0.05, 0) is 92.3 Å². The van der Waals surface area contributed by atoms with Gasteiger partial charge in [0.2, 0.25) is 11.7 Å². The van der Waals surface area contributed by atoms with Crippen molar-refractivity contribution >= 4 is 47.3 Å². The Morgan fingerprint density at radius 3 is 2.16 bits per heavy atom. The average Bonchev–Trinajstić information content (AvgIpc) is 3.12. The highest BCUT2D eigenvalue weighted by atomic mass is 16.6. The van der Waals surface area contributed by atoms with Crippen molar-refractivity contribution in [2.24, 2.45) is 5.41 Å². The van der Waals surface area contributed by atoms with Crippen LogP contribution >= 0.6 is 0 Å². The van der Waals surface area contributed by atoms with Crippen molar-refractivity contribution < 1.29 is 52.5 Å². The molecule has 1 N–H and O–H groups in total. The van der Waals surface area contributed by atoms with Gasteiger partial charge in [0, 0.05) is 63.9 Å². The Labute approximate surface area is 330 Å². The van der Waals surface area contributed by atoms with Crippen LogP contribution in [0.2, 0.25) is 0 Å². The zero-order chi connectivity index (χ0) is 41.8. The molecule has 2 atom stereocenters. The van der Waals surface area contributed by atoms with Crippen molar-refractivity contribution in [3.8, 4) is 0 Å². The smallest absolute Gasteiger partial charge is 0.410 e. The molecule has 0 bridgehead atoms. The summed E-state index contributed by atoms with van der Waals surface area (Å²) >= 11 is 0. The number of ketones is 1. The monoisotopic (exact) mass is 784 g/mol. The summed E-state index contributed by atoms with van der Waals surface area (Å²) in [7, 11) is 0. The summed E-state index contributed by atoms with van der Waals surface area (Å²) in [5.41, 5.74) is -1.61. The molecule has 0 radical (unpaired) electrons. The Kier molecular flexibility index (Phi) is 16.2. The maximum atomic E-state index is 14.0. The number of anilines is 1. The molecule has 1 unspecified atom stereocenters. The quantitative estimate of drug-likeness (QED) is 0.109. The first-order chi connectivity index (χ1) is 26.1. The van der Waals surface area contributed by atoms with Gasteiger partial charge in [0.15, 0.2) is 0 Å². The first-order valence-corrected chi connectivity index (χ1v) is 19.3. The van der Waals surface area contributed by atoms with Crippen LogP contribution in [0.5, 0.6) is 0 Å². The number of esters is 3. The number of ether oxygens (including phenoxy) is 4. The van der Waals surface area contributed by atoms with E-state index in [-0.39, 0.29) is 38.5 Å². The van der Waals surface area contributed by atoms with Gasteiger partial charge < -0.3 is 34.1 Å².